The minimum Gasteiger partial charge on any atom is -0.493 e. The topological polar surface area (TPSA) is 60.0 Å². The van der Waals surface area contributed by atoms with Crippen molar-refractivity contribution in [1.82, 2.24) is 10.2 Å². The number of nitrogens with one attached hydrogen (secondary N) is 1. The van der Waals surface area contributed by atoms with Crippen LogP contribution in [0.5, 0.6) is 17.2 Å². The Kier molecular flexibility index (Phi) is 9.24. The van der Waals surface area contributed by atoms with Crippen molar-refractivity contribution in [1.29, 1.82) is 0 Å². The molecule has 0 spiro atoms. The molecule has 0 aliphatic carbocycles. The third kappa shape index (κ3) is 7.80. The predicted molar refractivity (Wildman–Crippen MR) is 143 cm³/mol. The molecule has 0 radical (unpaired) electrons. The van der Waals surface area contributed by atoms with Gasteiger partial charge in [-0.3, -0.25) is 4.79 Å². The zero-order valence-electron chi connectivity index (χ0n) is 21.6. The van der Waals surface area contributed by atoms with Crippen molar-refractivity contribution in [3.63, 3.8) is 0 Å². The molecular formula is C29H30ClF3N2O4. The highest BCUT2D eigenvalue weighted by Crippen LogP contribution is 2.35. The zero-order chi connectivity index (χ0) is 28.0. The number of alkyl halides is 3. The maximum Gasteiger partial charge on any atom is 0.573 e. The molecule has 6 nitrogen and oxygen atoms in total. The van der Waals surface area contributed by atoms with Gasteiger partial charge in [-0.15, -0.1) is 13.2 Å². The SMILES string of the molecule is COc1ccc(CCN2C[C@H](CNC(=O)c3cccc(Cl)c3)[C@@H](c3ccc(OC(F)(F)F)cc3)C2)cc1OC. The third-order valence-electron chi connectivity index (χ3n) is 6.83. The molecular weight excluding hydrogens is 533 g/mol. The minimum atomic E-state index is -4.75. The number of benzene rings is 3. The van der Waals surface area contributed by atoms with Crippen molar-refractivity contribution in [2.24, 2.45) is 5.92 Å². The number of halogens is 4. The average Bonchev–Trinajstić information content (AvgIpc) is 3.33. The Morgan fingerprint density at radius 1 is 1.00 bits per heavy atom. The van der Waals surface area contributed by atoms with Gasteiger partial charge in [0.15, 0.2) is 11.5 Å². The molecule has 0 bridgehead atoms. The largest absolute Gasteiger partial charge is 0.573 e. The maximum absolute atomic E-state index is 12.8. The van der Waals surface area contributed by atoms with Crippen LogP contribution in [0.25, 0.3) is 0 Å². The fourth-order valence-electron chi connectivity index (χ4n) is 4.92. The summed E-state index contributed by atoms with van der Waals surface area (Å²) in [5.74, 6) is 0.894. The summed E-state index contributed by atoms with van der Waals surface area (Å²) in [4.78, 5) is 15.1. The molecule has 3 aromatic rings. The number of methoxy groups -OCH3 is 2. The van der Waals surface area contributed by atoms with Crippen molar-refractivity contribution in [3.8, 4) is 17.2 Å². The molecule has 0 unspecified atom stereocenters. The molecule has 2 atom stereocenters. The van der Waals surface area contributed by atoms with Crippen LogP contribution in [-0.4, -0.2) is 57.6 Å². The summed E-state index contributed by atoms with van der Waals surface area (Å²) in [6, 6.07) is 18.5. The van der Waals surface area contributed by atoms with Crippen LogP contribution in [0.2, 0.25) is 5.02 Å². The first kappa shape index (κ1) is 28.6. The molecule has 1 saturated heterocycles. The summed E-state index contributed by atoms with van der Waals surface area (Å²) in [5.41, 5.74) is 2.45. The van der Waals surface area contributed by atoms with Gasteiger partial charge < -0.3 is 24.4 Å². The summed E-state index contributed by atoms with van der Waals surface area (Å²) < 4.78 is 52.6. The second-order valence-corrected chi connectivity index (χ2v) is 9.84. The molecule has 10 heteroatoms. The minimum absolute atomic E-state index is 0.00926. The van der Waals surface area contributed by atoms with Gasteiger partial charge in [0.25, 0.3) is 5.91 Å². The van der Waals surface area contributed by atoms with Crippen LogP contribution in [0.3, 0.4) is 0 Å². The monoisotopic (exact) mass is 562 g/mol. The fourth-order valence-corrected chi connectivity index (χ4v) is 5.11. The highest BCUT2D eigenvalue weighted by Gasteiger charge is 2.35. The third-order valence-corrected chi connectivity index (χ3v) is 7.07. The van der Waals surface area contributed by atoms with Crippen LogP contribution < -0.4 is 19.5 Å². The Balaban J connectivity index is 1.46. The van der Waals surface area contributed by atoms with Crippen LogP contribution in [0.15, 0.2) is 66.7 Å². The van der Waals surface area contributed by atoms with Gasteiger partial charge in [-0.25, -0.2) is 0 Å². The van der Waals surface area contributed by atoms with E-state index in [0.29, 0.717) is 41.7 Å². The molecule has 39 heavy (non-hydrogen) atoms. The van der Waals surface area contributed by atoms with Gasteiger partial charge in [-0.2, -0.15) is 0 Å². The number of amides is 1. The lowest BCUT2D eigenvalue weighted by Gasteiger charge is -2.20. The summed E-state index contributed by atoms with van der Waals surface area (Å²) >= 11 is 6.03. The van der Waals surface area contributed by atoms with E-state index in [1.165, 1.54) is 12.1 Å². The number of hydrogen-bond donors (Lipinski definition) is 1. The van der Waals surface area contributed by atoms with E-state index in [2.05, 4.69) is 15.0 Å². The van der Waals surface area contributed by atoms with Crippen LogP contribution in [0.4, 0.5) is 13.2 Å². The van der Waals surface area contributed by atoms with E-state index in [-0.39, 0.29) is 23.5 Å². The Morgan fingerprint density at radius 2 is 1.74 bits per heavy atom. The Hall–Kier alpha value is -3.43. The maximum atomic E-state index is 12.8. The second-order valence-electron chi connectivity index (χ2n) is 9.40. The summed E-state index contributed by atoms with van der Waals surface area (Å²) in [5, 5.41) is 3.48. The summed E-state index contributed by atoms with van der Waals surface area (Å²) in [6.07, 6.45) is -3.98. The van der Waals surface area contributed by atoms with E-state index >= 15 is 0 Å². The molecule has 1 aliphatic rings. The first-order chi connectivity index (χ1) is 18.6. The molecule has 3 aromatic carbocycles. The zero-order valence-corrected chi connectivity index (χ0v) is 22.4. The number of rotatable bonds is 10. The smallest absolute Gasteiger partial charge is 0.493 e. The van der Waals surface area contributed by atoms with Gasteiger partial charge in [0.1, 0.15) is 5.75 Å². The fraction of sp³-hybridized carbons (Fsp3) is 0.345. The molecule has 1 fully saturated rings. The highest BCUT2D eigenvalue weighted by atomic mass is 35.5. The lowest BCUT2D eigenvalue weighted by Crippen LogP contribution is -2.32. The molecule has 4 rings (SSSR count). The lowest BCUT2D eigenvalue weighted by atomic mass is 9.89. The van der Waals surface area contributed by atoms with Crippen LogP contribution in [0.1, 0.15) is 27.4 Å². The van der Waals surface area contributed by atoms with Gasteiger partial charge in [-0.05, 0) is 65.9 Å². The quantitative estimate of drug-likeness (QED) is 0.331. The molecule has 0 saturated carbocycles. The molecule has 1 N–H and O–H groups in total. The van der Waals surface area contributed by atoms with Crippen molar-refractivity contribution in [2.45, 2.75) is 18.7 Å². The van der Waals surface area contributed by atoms with Crippen LogP contribution in [0, 0.1) is 5.92 Å². The summed E-state index contributed by atoms with van der Waals surface area (Å²) in [7, 11) is 3.19. The van der Waals surface area contributed by atoms with Crippen molar-refractivity contribution >= 4 is 17.5 Å². The highest BCUT2D eigenvalue weighted by molar-refractivity contribution is 6.30. The van der Waals surface area contributed by atoms with Crippen LogP contribution >= 0.6 is 11.6 Å². The van der Waals surface area contributed by atoms with Crippen molar-refractivity contribution in [2.75, 3.05) is 40.4 Å². The van der Waals surface area contributed by atoms with Crippen LogP contribution in [-0.2, 0) is 6.42 Å². The first-order valence-electron chi connectivity index (χ1n) is 12.5. The van der Waals surface area contributed by atoms with Gasteiger partial charge in [0.2, 0.25) is 0 Å². The second kappa shape index (κ2) is 12.6. The number of carbonyl (C=O) groups excluding carboxylic acids is 1. The summed E-state index contributed by atoms with van der Waals surface area (Å²) in [6.45, 7) is 2.59. The molecule has 1 amide bonds. The molecule has 1 heterocycles. The Bertz CT molecular complexity index is 1270. The Morgan fingerprint density at radius 3 is 2.41 bits per heavy atom. The number of likely N-dealkylation sites (tertiary alicyclic amines) is 1. The number of nitrogens with zero attached hydrogens (tertiary/aromatic N) is 1. The van der Waals surface area contributed by atoms with Gasteiger partial charge in [0.05, 0.1) is 14.2 Å². The van der Waals surface area contributed by atoms with E-state index in [0.717, 1.165) is 24.1 Å². The normalized spacial score (nSPS) is 17.6. The predicted octanol–water partition coefficient (Wildman–Crippen LogP) is 5.94. The van der Waals surface area contributed by atoms with Gasteiger partial charge in [-0.1, -0.05) is 35.9 Å². The van der Waals surface area contributed by atoms with Gasteiger partial charge >= 0.3 is 6.36 Å². The number of ether oxygens (including phenoxy) is 3. The van der Waals surface area contributed by atoms with E-state index in [9.17, 15) is 18.0 Å². The standard InChI is InChI=1S/C29H30ClF3N2O4/c1-37-26-11-6-19(14-27(26)38-2)12-13-35-17-22(16-34-28(36)21-4-3-5-23(30)15-21)25(18-35)20-7-9-24(10-8-20)39-29(31,32)33/h3-11,14-15,22,25H,12-13,16-18H2,1-2H3,(H,34,36)/t22-,25+/m0/s1. The Labute approximate surface area is 230 Å². The van der Waals surface area contributed by atoms with Crippen molar-refractivity contribution in [3.05, 3.63) is 88.4 Å². The number of carbonyl (C=O) groups is 1. The molecule has 1 aliphatic heterocycles. The molecule has 208 valence electrons. The number of hydrogen-bond acceptors (Lipinski definition) is 5. The van der Waals surface area contributed by atoms with E-state index in [4.69, 9.17) is 21.1 Å². The van der Waals surface area contributed by atoms with E-state index < -0.39 is 6.36 Å². The lowest BCUT2D eigenvalue weighted by molar-refractivity contribution is -0.274. The van der Waals surface area contributed by atoms with E-state index in [1.54, 1.807) is 50.6 Å². The van der Waals surface area contributed by atoms with Gasteiger partial charge in [0, 0.05) is 42.7 Å². The first-order valence-corrected chi connectivity index (χ1v) is 12.9. The van der Waals surface area contributed by atoms with E-state index in [1.807, 2.05) is 18.2 Å². The average molecular weight is 563 g/mol. The van der Waals surface area contributed by atoms with Crippen molar-refractivity contribution < 1.29 is 32.2 Å². The molecule has 0 aromatic heterocycles.